The summed E-state index contributed by atoms with van der Waals surface area (Å²) in [5.74, 6) is 2.28. The summed E-state index contributed by atoms with van der Waals surface area (Å²) >= 11 is 7.08. The van der Waals surface area contributed by atoms with Crippen molar-refractivity contribution < 1.29 is 9.47 Å². The molecule has 0 amide bonds. The van der Waals surface area contributed by atoms with Crippen LogP contribution in [0.25, 0.3) is 5.69 Å². The van der Waals surface area contributed by atoms with Crippen molar-refractivity contribution in [1.82, 2.24) is 14.8 Å². The van der Waals surface area contributed by atoms with E-state index >= 15 is 0 Å². The second kappa shape index (κ2) is 6.33. The van der Waals surface area contributed by atoms with Gasteiger partial charge in [-0.25, -0.2) is 0 Å². The van der Waals surface area contributed by atoms with Gasteiger partial charge in [0.05, 0.1) is 19.9 Å². The van der Waals surface area contributed by atoms with E-state index in [2.05, 4.69) is 16.3 Å². The van der Waals surface area contributed by atoms with E-state index in [4.69, 9.17) is 21.7 Å². The lowest BCUT2D eigenvalue weighted by atomic mass is 10.2. The Bertz CT molecular complexity index is 822. The first-order valence-electron chi connectivity index (χ1n) is 6.64. The second-order valence-electron chi connectivity index (χ2n) is 4.57. The van der Waals surface area contributed by atoms with Gasteiger partial charge in [-0.15, -0.1) is 11.3 Å². The van der Waals surface area contributed by atoms with Crippen molar-refractivity contribution in [1.29, 1.82) is 0 Å². The molecule has 0 spiro atoms. The Labute approximate surface area is 137 Å². The fraction of sp³-hybridized carbons (Fsp3) is 0.200. The van der Waals surface area contributed by atoms with Gasteiger partial charge in [0.15, 0.2) is 4.77 Å². The Morgan fingerprint density at radius 3 is 2.82 bits per heavy atom. The molecule has 0 fully saturated rings. The maximum Gasteiger partial charge on any atom is 0.200 e. The minimum absolute atomic E-state index is 0.526. The van der Waals surface area contributed by atoms with Crippen molar-refractivity contribution in [2.45, 2.75) is 6.42 Å². The summed E-state index contributed by atoms with van der Waals surface area (Å²) in [6.07, 6.45) is 0.700. The van der Waals surface area contributed by atoms with E-state index in [0.29, 0.717) is 16.9 Å². The van der Waals surface area contributed by atoms with Crippen molar-refractivity contribution >= 4 is 23.6 Å². The molecule has 2 heterocycles. The lowest BCUT2D eigenvalue weighted by Gasteiger charge is -2.12. The number of hydrogen-bond acceptors (Lipinski definition) is 5. The predicted molar refractivity (Wildman–Crippen MR) is 89.0 cm³/mol. The summed E-state index contributed by atoms with van der Waals surface area (Å²) in [4.78, 5) is 1.22. The largest absolute Gasteiger partial charge is 0.497 e. The lowest BCUT2D eigenvalue weighted by molar-refractivity contribution is 0.401. The zero-order valence-electron chi connectivity index (χ0n) is 12.2. The molecule has 7 heteroatoms. The van der Waals surface area contributed by atoms with Gasteiger partial charge >= 0.3 is 0 Å². The number of aromatic amines is 1. The molecule has 1 aromatic carbocycles. The first-order chi connectivity index (χ1) is 10.7. The minimum atomic E-state index is 0.526. The van der Waals surface area contributed by atoms with Crippen LogP contribution in [-0.4, -0.2) is 29.0 Å². The predicted octanol–water partition coefficient (Wildman–Crippen LogP) is 3.60. The van der Waals surface area contributed by atoms with Gasteiger partial charge in [-0.05, 0) is 35.8 Å². The molecule has 0 bridgehead atoms. The van der Waals surface area contributed by atoms with Gasteiger partial charge in [-0.3, -0.25) is 9.67 Å². The smallest absolute Gasteiger partial charge is 0.200 e. The summed E-state index contributed by atoms with van der Waals surface area (Å²) in [5, 5.41) is 9.26. The average Bonchev–Trinajstić information content (AvgIpc) is 3.17. The Morgan fingerprint density at radius 1 is 1.27 bits per heavy atom. The third-order valence-corrected chi connectivity index (χ3v) is 4.43. The number of aromatic nitrogens is 3. The van der Waals surface area contributed by atoms with Gasteiger partial charge in [0.2, 0.25) is 0 Å². The zero-order valence-corrected chi connectivity index (χ0v) is 13.8. The number of H-pyrrole nitrogens is 1. The molecule has 0 radical (unpaired) electrons. The van der Waals surface area contributed by atoms with Crippen LogP contribution in [-0.2, 0) is 6.42 Å². The van der Waals surface area contributed by atoms with E-state index < -0.39 is 0 Å². The first kappa shape index (κ1) is 14.8. The standard InChI is InChI=1S/C15H15N3O2S2/c1-19-10-5-6-13(20-2)12(8-10)18-14(16-17-15(18)21)9-11-4-3-7-22-11/h3-8H,9H2,1-2H3,(H,17,21). The molecule has 5 nitrogen and oxygen atoms in total. The van der Waals surface area contributed by atoms with Crippen molar-refractivity contribution in [3.05, 3.63) is 51.2 Å². The van der Waals surface area contributed by atoms with E-state index in [1.807, 2.05) is 34.2 Å². The molecule has 0 atom stereocenters. The highest BCUT2D eigenvalue weighted by molar-refractivity contribution is 7.71. The van der Waals surface area contributed by atoms with Crippen LogP contribution in [0.5, 0.6) is 11.5 Å². The highest BCUT2D eigenvalue weighted by Crippen LogP contribution is 2.29. The number of rotatable bonds is 5. The van der Waals surface area contributed by atoms with E-state index in [-0.39, 0.29) is 0 Å². The number of thiophene rings is 1. The second-order valence-corrected chi connectivity index (χ2v) is 5.99. The van der Waals surface area contributed by atoms with Crippen LogP contribution in [0.2, 0.25) is 0 Å². The molecule has 22 heavy (non-hydrogen) atoms. The van der Waals surface area contributed by atoms with Crippen LogP contribution < -0.4 is 9.47 Å². The molecular formula is C15H15N3O2S2. The number of ether oxygens (including phenoxy) is 2. The molecule has 0 unspecified atom stereocenters. The maximum absolute atomic E-state index is 5.45. The first-order valence-corrected chi connectivity index (χ1v) is 7.93. The van der Waals surface area contributed by atoms with Crippen molar-refractivity contribution in [2.75, 3.05) is 14.2 Å². The van der Waals surface area contributed by atoms with Crippen molar-refractivity contribution in [3.63, 3.8) is 0 Å². The van der Waals surface area contributed by atoms with Gasteiger partial charge < -0.3 is 9.47 Å². The molecule has 2 aromatic heterocycles. The van der Waals surface area contributed by atoms with Crippen LogP contribution in [0.15, 0.2) is 35.7 Å². The van der Waals surface area contributed by atoms with E-state index in [1.165, 1.54) is 4.88 Å². The Balaban J connectivity index is 2.12. The van der Waals surface area contributed by atoms with Crippen LogP contribution in [0, 0.1) is 4.77 Å². The Hall–Kier alpha value is -2.12. The summed E-state index contributed by atoms with van der Waals surface area (Å²) < 4.78 is 13.2. The molecule has 0 aliphatic rings. The summed E-state index contributed by atoms with van der Waals surface area (Å²) in [5.41, 5.74) is 0.812. The van der Waals surface area contributed by atoms with E-state index in [1.54, 1.807) is 25.6 Å². The third kappa shape index (κ3) is 2.77. The Kier molecular flexibility index (Phi) is 4.26. The number of nitrogens with one attached hydrogen (secondary N) is 1. The highest BCUT2D eigenvalue weighted by atomic mass is 32.1. The quantitative estimate of drug-likeness (QED) is 0.725. The normalized spacial score (nSPS) is 10.6. The highest BCUT2D eigenvalue weighted by Gasteiger charge is 2.14. The van der Waals surface area contributed by atoms with Crippen molar-refractivity contribution in [3.8, 4) is 17.2 Å². The molecule has 114 valence electrons. The van der Waals surface area contributed by atoms with Gasteiger partial charge in [0.1, 0.15) is 17.3 Å². The summed E-state index contributed by atoms with van der Waals surface area (Å²) in [7, 11) is 3.26. The van der Waals surface area contributed by atoms with Crippen LogP contribution in [0.1, 0.15) is 10.7 Å². The molecule has 3 aromatic rings. The molecule has 1 N–H and O–H groups in total. The van der Waals surface area contributed by atoms with Crippen LogP contribution in [0.3, 0.4) is 0 Å². The van der Waals surface area contributed by atoms with E-state index in [0.717, 1.165) is 17.3 Å². The molecule has 0 saturated carbocycles. The third-order valence-electron chi connectivity index (χ3n) is 3.28. The molecular weight excluding hydrogens is 318 g/mol. The van der Waals surface area contributed by atoms with Gasteiger partial charge in [0.25, 0.3) is 0 Å². The molecule has 0 aliphatic heterocycles. The molecule has 0 saturated heterocycles. The molecule has 0 aliphatic carbocycles. The number of nitrogens with zero attached hydrogens (tertiary/aromatic N) is 2. The SMILES string of the molecule is COc1ccc(OC)c(-n2c(Cc3cccs3)n[nH]c2=S)c1. The summed E-state index contributed by atoms with van der Waals surface area (Å²) in [6.45, 7) is 0. The topological polar surface area (TPSA) is 52.1 Å². The van der Waals surface area contributed by atoms with Gasteiger partial charge in [-0.2, -0.15) is 5.10 Å². The fourth-order valence-corrected chi connectivity index (χ4v) is 3.19. The van der Waals surface area contributed by atoms with Crippen LogP contribution in [0.4, 0.5) is 0 Å². The monoisotopic (exact) mass is 333 g/mol. The van der Waals surface area contributed by atoms with Gasteiger partial charge in [0, 0.05) is 17.4 Å². The van der Waals surface area contributed by atoms with Crippen LogP contribution >= 0.6 is 23.6 Å². The molecule has 3 rings (SSSR count). The van der Waals surface area contributed by atoms with Gasteiger partial charge in [-0.1, -0.05) is 6.07 Å². The fourth-order valence-electron chi connectivity index (χ4n) is 2.24. The minimum Gasteiger partial charge on any atom is -0.497 e. The van der Waals surface area contributed by atoms with E-state index in [9.17, 15) is 0 Å². The zero-order chi connectivity index (χ0) is 15.5. The van der Waals surface area contributed by atoms with Crippen molar-refractivity contribution in [2.24, 2.45) is 0 Å². The summed E-state index contributed by atoms with van der Waals surface area (Å²) in [6, 6.07) is 9.71. The number of hydrogen-bond donors (Lipinski definition) is 1. The maximum atomic E-state index is 5.45. The number of benzene rings is 1. The lowest BCUT2D eigenvalue weighted by Crippen LogP contribution is -2.04. The Morgan fingerprint density at radius 2 is 2.14 bits per heavy atom. The number of methoxy groups -OCH3 is 2. The average molecular weight is 333 g/mol.